The molecule has 1 saturated heterocycles. The normalized spacial score (nSPS) is 16.9. The summed E-state index contributed by atoms with van der Waals surface area (Å²) in [6, 6.07) is 9.55. The van der Waals surface area contributed by atoms with E-state index in [-0.39, 0.29) is 11.7 Å². The summed E-state index contributed by atoms with van der Waals surface area (Å²) in [5, 5.41) is 7.04. The molecule has 9 nitrogen and oxygen atoms in total. The Bertz CT molecular complexity index is 954. The SMILES string of the molecule is CCNC(=NCC(C)c1ccccc1OC)N1CCN(S(=O)(=O)Cc2ccon2)CC1. The van der Waals surface area contributed by atoms with Gasteiger partial charge in [-0.2, -0.15) is 4.31 Å². The minimum atomic E-state index is -3.43. The van der Waals surface area contributed by atoms with Crippen LogP contribution in [0.2, 0.25) is 0 Å². The van der Waals surface area contributed by atoms with Crippen molar-refractivity contribution in [3.63, 3.8) is 0 Å². The van der Waals surface area contributed by atoms with Crippen LogP contribution >= 0.6 is 0 Å². The molecule has 1 aliphatic rings. The molecule has 0 aliphatic carbocycles. The maximum absolute atomic E-state index is 12.7. The molecule has 0 saturated carbocycles. The third-order valence-electron chi connectivity index (χ3n) is 5.27. The molecule has 0 amide bonds. The molecule has 1 aromatic heterocycles. The Morgan fingerprint density at radius 1 is 1.26 bits per heavy atom. The van der Waals surface area contributed by atoms with E-state index in [1.165, 1.54) is 10.6 Å². The van der Waals surface area contributed by atoms with E-state index in [0.29, 0.717) is 38.4 Å². The van der Waals surface area contributed by atoms with Gasteiger partial charge in [-0.25, -0.2) is 8.42 Å². The quantitative estimate of drug-likeness (QED) is 0.485. The van der Waals surface area contributed by atoms with Crippen LogP contribution in [0.25, 0.3) is 0 Å². The number of aromatic nitrogens is 1. The largest absolute Gasteiger partial charge is 0.496 e. The molecular formula is C21H31N5O4S. The van der Waals surface area contributed by atoms with E-state index in [2.05, 4.69) is 28.4 Å². The summed E-state index contributed by atoms with van der Waals surface area (Å²) in [6.07, 6.45) is 1.38. The summed E-state index contributed by atoms with van der Waals surface area (Å²) in [5.41, 5.74) is 1.54. The number of hydrogen-bond acceptors (Lipinski definition) is 6. The number of guanidine groups is 1. The number of nitrogens with zero attached hydrogens (tertiary/aromatic N) is 4. The van der Waals surface area contributed by atoms with Crippen LogP contribution in [-0.4, -0.2) is 75.1 Å². The Morgan fingerprint density at radius 2 is 2.00 bits per heavy atom. The summed E-state index contributed by atoms with van der Waals surface area (Å²) in [7, 11) is -1.75. The van der Waals surface area contributed by atoms with Crippen molar-refractivity contribution in [1.29, 1.82) is 0 Å². The first-order chi connectivity index (χ1) is 14.9. The number of para-hydroxylation sites is 1. The van der Waals surface area contributed by atoms with Gasteiger partial charge < -0.3 is 19.5 Å². The highest BCUT2D eigenvalue weighted by molar-refractivity contribution is 7.88. The van der Waals surface area contributed by atoms with Crippen LogP contribution in [0.4, 0.5) is 0 Å². The molecule has 1 aliphatic heterocycles. The number of piperazine rings is 1. The summed E-state index contributed by atoms with van der Waals surface area (Å²) in [5.74, 6) is 1.71. The molecule has 0 bridgehead atoms. The van der Waals surface area contributed by atoms with Crippen molar-refractivity contribution in [2.45, 2.75) is 25.5 Å². The van der Waals surface area contributed by atoms with Crippen molar-refractivity contribution in [2.24, 2.45) is 4.99 Å². The molecule has 10 heteroatoms. The fraction of sp³-hybridized carbons (Fsp3) is 0.524. The van der Waals surface area contributed by atoms with Crippen LogP contribution in [0.3, 0.4) is 0 Å². The van der Waals surface area contributed by atoms with Crippen LogP contribution in [0.15, 0.2) is 46.1 Å². The second kappa shape index (κ2) is 10.6. The van der Waals surface area contributed by atoms with Gasteiger partial charge in [0.05, 0.1) is 12.8 Å². The molecule has 1 atom stereocenters. The Morgan fingerprint density at radius 3 is 2.65 bits per heavy atom. The number of ether oxygens (including phenoxy) is 1. The molecule has 170 valence electrons. The van der Waals surface area contributed by atoms with Gasteiger partial charge in [0.25, 0.3) is 0 Å². The van der Waals surface area contributed by atoms with Crippen LogP contribution in [0, 0.1) is 0 Å². The molecule has 2 heterocycles. The molecular weight excluding hydrogens is 418 g/mol. The molecule has 1 aromatic carbocycles. The maximum Gasteiger partial charge on any atom is 0.220 e. The summed E-state index contributed by atoms with van der Waals surface area (Å²) < 4.78 is 37.0. The third kappa shape index (κ3) is 5.98. The number of sulfonamides is 1. The Kier molecular flexibility index (Phi) is 7.91. The van der Waals surface area contributed by atoms with Gasteiger partial charge in [-0.05, 0) is 18.6 Å². The predicted octanol–water partition coefficient (Wildman–Crippen LogP) is 1.90. The van der Waals surface area contributed by atoms with Crippen LogP contribution in [0.5, 0.6) is 5.75 Å². The first kappa shape index (κ1) is 23.1. The first-order valence-electron chi connectivity index (χ1n) is 10.5. The van der Waals surface area contributed by atoms with Crippen molar-refractivity contribution >= 4 is 16.0 Å². The van der Waals surface area contributed by atoms with Crippen molar-refractivity contribution < 1.29 is 17.7 Å². The van der Waals surface area contributed by atoms with Gasteiger partial charge in [-0.15, -0.1) is 0 Å². The molecule has 1 unspecified atom stereocenters. The maximum atomic E-state index is 12.7. The summed E-state index contributed by atoms with van der Waals surface area (Å²) in [4.78, 5) is 6.93. The minimum absolute atomic E-state index is 0.145. The standard InChI is InChI=1S/C21H31N5O4S/c1-4-22-21(23-15-17(2)19-7-5-6-8-20(19)29-3)25-10-12-26(13-11-25)31(27,28)16-18-9-14-30-24-18/h5-9,14,17H,4,10-13,15-16H2,1-3H3,(H,22,23). The lowest BCUT2D eigenvalue weighted by molar-refractivity contribution is 0.259. The van der Waals surface area contributed by atoms with Crippen LogP contribution in [0.1, 0.15) is 31.0 Å². The molecule has 1 fully saturated rings. The molecule has 0 spiro atoms. The zero-order chi connectivity index (χ0) is 22.3. The van der Waals surface area contributed by atoms with Gasteiger partial charge in [0.15, 0.2) is 5.96 Å². The molecule has 31 heavy (non-hydrogen) atoms. The number of rotatable bonds is 8. The van der Waals surface area contributed by atoms with Crippen molar-refractivity contribution in [3.05, 3.63) is 47.9 Å². The zero-order valence-corrected chi connectivity index (χ0v) is 19.1. The molecule has 0 radical (unpaired) electrons. The van der Waals surface area contributed by atoms with E-state index < -0.39 is 10.0 Å². The van der Waals surface area contributed by atoms with Crippen molar-refractivity contribution in [1.82, 2.24) is 19.7 Å². The van der Waals surface area contributed by atoms with E-state index in [1.807, 2.05) is 25.1 Å². The first-order valence-corrected chi connectivity index (χ1v) is 12.1. The number of methoxy groups -OCH3 is 1. The van der Waals surface area contributed by atoms with E-state index >= 15 is 0 Å². The highest BCUT2D eigenvalue weighted by Crippen LogP contribution is 2.26. The fourth-order valence-corrected chi connectivity index (χ4v) is 5.01. The number of aliphatic imine (C=N–C) groups is 1. The molecule has 1 N–H and O–H groups in total. The second-order valence-corrected chi connectivity index (χ2v) is 9.44. The van der Waals surface area contributed by atoms with Gasteiger partial charge in [0, 0.05) is 51.3 Å². The summed E-state index contributed by atoms with van der Waals surface area (Å²) >= 11 is 0. The van der Waals surface area contributed by atoms with Crippen LogP contribution < -0.4 is 10.1 Å². The average molecular weight is 450 g/mol. The van der Waals surface area contributed by atoms with E-state index in [1.54, 1.807) is 13.2 Å². The Hall–Kier alpha value is -2.59. The topological polar surface area (TPSA) is 100 Å². The Balaban J connectivity index is 1.62. The van der Waals surface area contributed by atoms with E-state index in [9.17, 15) is 8.42 Å². The third-order valence-corrected chi connectivity index (χ3v) is 7.09. The van der Waals surface area contributed by atoms with Crippen molar-refractivity contribution in [2.75, 3.05) is 46.4 Å². The number of benzene rings is 1. The lowest BCUT2D eigenvalue weighted by atomic mass is 10.0. The lowest BCUT2D eigenvalue weighted by Crippen LogP contribution is -2.54. The average Bonchev–Trinajstić information content (AvgIpc) is 3.28. The van der Waals surface area contributed by atoms with E-state index in [0.717, 1.165) is 23.8 Å². The van der Waals surface area contributed by atoms with Crippen LogP contribution in [-0.2, 0) is 15.8 Å². The molecule has 2 aromatic rings. The smallest absolute Gasteiger partial charge is 0.220 e. The Labute approximate surface area is 184 Å². The predicted molar refractivity (Wildman–Crippen MR) is 120 cm³/mol. The van der Waals surface area contributed by atoms with Gasteiger partial charge >= 0.3 is 0 Å². The van der Waals surface area contributed by atoms with E-state index in [4.69, 9.17) is 14.3 Å². The highest BCUT2D eigenvalue weighted by atomic mass is 32.2. The molecule has 3 rings (SSSR count). The zero-order valence-electron chi connectivity index (χ0n) is 18.3. The van der Waals surface area contributed by atoms with Gasteiger partial charge in [0.2, 0.25) is 10.0 Å². The highest BCUT2D eigenvalue weighted by Gasteiger charge is 2.29. The number of hydrogen-bond donors (Lipinski definition) is 1. The lowest BCUT2D eigenvalue weighted by Gasteiger charge is -2.35. The van der Waals surface area contributed by atoms with Crippen molar-refractivity contribution in [3.8, 4) is 5.75 Å². The minimum Gasteiger partial charge on any atom is -0.496 e. The number of nitrogens with one attached hydrogen (secondary N) is 1. The summed E-state index contributed by atoms with van der Waals surface area (Å²) in [6.45, 7) is 7.47. The van der Waals surface area contributed by atoms with Gasteiger partial charge in [-0.1, -0.05) is 30.3 Å². The second-order valence-electron chi connectivity index (χ2n) is 7.47. The monoisotopic (exact) mass is 449 g/mol. The van der Waals surface area contributed by atoms with Gasteiger partial charge in [0.1, 0.15) is 17.8 Å². The van der Waals surface area contributed by atoms with Gasteiger partial charge in [-0.3, -0.25) is 4.99 Å². The fourth-order valence-electron chi connectivity index (χ4n) is 3.59.